The zero-order chi connectivity index (χ0) is 13.7. The second kappa shape index (κ2) is 5.96. The lowest BCUT2D eigenvalue weighted by molar-refractivity contribution is 0.332. The van der Waals surface area contributed by atoms with Gasteiger partial charge in [0.1, 0.15) is 0 Å². The molecule has 0 aliphatic rings. The average molecular weight is 256 g/mol. The predicted octanol–water partition coefficient (Wildman–Crippen LogP) is 3.58. The molecule has 98 valence electrons. The highest BCUT2D eigenvalue weighted by Gasteiger charge is 2.12. The van der Waals surface area contributed by atoms with E-state index in [1.807, 2.05) is 42.5 Å². The van der Waals surface area contributed by atoms with Crippen molar-refractivity contribution in [1.29, 1.82) is 0 Å². The SMILES string of the molecule is COc1c(O)ccc(C=Cc2ccccc2)c1OC. The summed E-state index contributed by atoms with van der Waals surface area (Å²) in [6, 6.07) is 13.3. The molecular weight excluding hydrogens is 240 g/mol. The fourth-order valence-electron chi connectivity index (χ4n) is 1.86. The molecule has 3 heteroatoms. The van der Waals surface area contributed by atoms with Crippen molar-refractivity contribution in [2.45, 2.75) is 0 Å². The second-order valence-corrected chi connectivity index (χ2v) is 3.98. The maximum absolute atomic E-state index is 9.70. The summed E-state index contributed by atoms with van der Waals surface area (Å²) in [7, 11) is 3.05. The Balaban J connectivity index is 2.38. The van der Waals surface area contributed by atoms with E-state index in [0.29, 0.717) is 11.5 Å². The number of benzene rings is 2. The normalized spacial score (nSPS) is 10.6. The van der Waals surface area contributed by atoms with Gasteiger partial charge < -0.3 is 14.6 Å². The molecule has 0 unspecified atom stereocenters. The van der Waals surface area contributed by atoms with Gasteiger partial charge in [0.05, 0.1) is 14.2 Å². The maximum atomic E-state index is 9.70. The first-order valence-corrected chi connectivity index (χ1v) is 5.93. The van der Waals surface area contributed by atoms with Crippen LogP contribution in [-0.4, -0.2) is 19.3 Å². The summed E-state index contributed by atoms with van der Waals surface area (Å²) in [6.07, 6.45) is 3.91. The Kier molecular flexibility index (Phi) is 4.08. The number of ether oxygens (including phenoxy) is 2. The first kappa shape index (κ1) is 13.0. The summed E-state index contributed by atoms with van der Waals surface area (Å²) in [4.78, 5) is 0. The molecule has 0 saturated heterocycles. The molecule has 0 saturated carbocycles. The Bertz CT molecular complexity index is 574. The summed E-state index contributed by atoms with van der Waals surface area (Å²) in [5.74, 6) is 0.934. The van der Waals surface area contributed by atoms with Crippen LogP contribution in [0.2, 0.25) is 0 Å². The van der Waals surface area contributed by atoms with E-state index in [2.05, 4.69) is 0 Å². The van der Waals surface area contributed by atoms with Gasteiger partial charge in [-0.3, -0.25) is 0 Å². The highest BCUT2D eigenvalue weighted by molar-refractivity contribution is 5.75. The van der Waals surface area contributed by atoms with Crippen LogP contribution in [-0.2, 0) is 0 Å². The smallest absolute Gasteiger partial charge is 0.203 e. The molecule has 0 aromatic heterocycles. The summed E-state index contributed by atoms with van der Waals surface area (Å²) < 4.78 is 10.5. The molecule has 0 heterocycles. The number of aromatic hydroxyl groups is 1. The van der Waals surface area contributed by atoms with Gasteiger partial charge in [0.25, 0.3) is 0 Å². The molecule has 0 bridgehead atoms. The zero-order valence-electron chi connectivity index (χ0n) is 11.0. The van der Waals surface area contributed by atoms with Gasteiger partial charge >= 0.3 is 0 Å². The Morgan fingerprint density at radius 3 is 2.16 bits per heavy atom. The van der Waals surface area contributed by atoms with Gasteiger partial charge in [-0.1, -0.05) is 42.5 Å². The van der Waals surface area contributed by atoms with Crippen molar-refractivity contribution in [1.82, 2.24) is 0 Å². The van der Waals surface area contributed by atoms with E-state index in [1.165, 1.54) is 7.11 Å². The van der Waals surface area contributed by atoms with Crippen molar-refractivity contribution in [2.75, 3.05) is 14.2 Å². The molecule has 3 nitrogen and oxygen atoms in total. The molecule has 0 amide bonds. The van der Waals surface area contributed by atoms with Crippen LogP contribution in [0.1, 0.15) is 11.1 Å². The number of phenolic OH excluding ortho intramolecular Hbond substituents is 1. The van der Waals surface area contributed by atoms with Crippen LogP contribution < -0.4 is 9.47 Å². The van der Waals surface area contributed by atoms with Crippen LogP contribution in [0.25, 0.3) is 12.2 Å². The number of rotatable bonds is 4. The third-order valence-electron chi connectivity index (χ3n) is 2.78. The Morgan fingerprint density at radius 1 is 0.842 bits per heavy atom. The van der Waals surface area contributed by atoms with Gasteiger partial charge in [-0.25, -0.2) is 0 Å². The van der Waals surface area contributed by atoms with Crippen molar-refractivity contribution < 1.29 is 14.6 Å². The van der Waals surface area contributed by atoms with Gasteiger partial charge in [-0.15, -0.1) is 0 Å². The van der Waals surface area contributed by atoms with E-state index in [1.54, 1.807) is 19.2 Å². The second-order valence-electron chi connectivity index (χ2n) is 3.98. The van der Waals surface area contributed by atoms with Gasteiger partial charge in [-0.05, 0) is 17.7 Å². The average Bonchev–Trinajstić information content (AvgIpc) is 2.46. The summed E-state index contributed by atoms with van der Waals surface area (Å²) in [5, 5.41) is 9.70. The van der Waals surface area contributed by atoms with E-state index < -0.39 is 0 Å². The third kappa shape index (κ3) is 2.88. The molecule has 2 aromatic carbocycles. The molecule has 0 aliphatic carbocycles. The van der Waals surface area contributed by atoms with Crippen molar-refractivity contribution in [3.8, 4) is 17.2 Å². The highest BCUT2D eigenvalue weighted by atomic mass is 16.5. The van der Waals surface area contributed by atoms with E-state index >= 15 is 0 Å². The topological polar surface area (TPSA) is 38.7 Å². The number of methoxy groups -OCH3 is 2. The monoisotopic (exact) mass is 256 g/mol. The van der Waals surface area contributed by atoms with Gasteiger partial charge in [-0.2, -0.15) is 0 Å². The summed E-state index contributed by atoms with van der Waals surface area (Å²) in [6.45, 7) is 0. The van der Waals surface area contributed by atoms with Gasteiger partial charge in [0.2, 0.25) is 5.75 Å². The van der Waals surface area contributed by atoms with Crippen LogP contribution in [0.4, 0.5) is 0 Å². The maximum Gasteiger partial charge on any atom is 0.203 e. The van der Waals surface area contributed by atoms with E-state index in [4.69, 9.17) is 9.47 Å². The van der Waals surface area contributed by atoms with Crippen LogP contribution in [0.15, 0.2) is 42.5 Å². The number of hydrogen-bond acceptors (Lipinski definition) is 3. The Labute approximate surface area is 112 Å². The molecule has 0 aliphatic heterocycles. The minimum atomic E-state index is 0.0659. The third-order valence-corrected chi connectivity index (χ3v) is 2.78. The quantitative estimate of drug-likeness (QED) is 0.850. The molecular formula is C16H16O3. The molecule has 0 radical (unpaired) electrons. The number of phenols is 1. The van der Waals surface area contributed by atoms with Gasteiger partial charge in [0, 0.05) is 5.56 Å². The lowest BCUT2D eigenvalue weighted by Gasteiger charge is -2.11. The molecule has 2 aromatic rings. The Hall–Kier alpha value is -2.42. The molecule has 0 atom stereocenters. The molecule has 1 N–H and O–H groups in total. The molecule has 19 heavy (non-hydrogen) atoms. The van der Waals surface area contributed by atoms with Gasteiger partial charge in [0.15, 0.2) is 11.5 Å². The lowest BCUT2D eigenvalue weighted by atomic mass is 10.1. The highest BCUT2D eigenvalue weighted by Crippen LogP contribution is 2.39. The van der Waals surface area contributed by atoms with Crippen molar-refractivity contribution in [3.63, 3.8) is 0 Å². The first-order valence-electron chi connectivity index (χ1n) is 5.93. The zero-order valence-corrected chi connectivity index (χ0v) is 11.0. The predicted molar refractivity (Wildman–Crippen MR) is 76.6 cm³/mol. The van der Waals surface area contributed by atoms with Crippen molar-refractivity contribution in [3.05, 3.63) is 53.6 Å². The number of hydrogen-bond donors (Lipinski definition) is 1. The van der Waals surface area contributed by atoms with E-state index in [0.717, 1.165) is 11.1 Å². The van der Waals surface area contributed by atoms with Crippen molar-refractivity contribution >= 4 is 12.2 Å². The molecule has 0 spiro atoms. The van der Waals surface area contributed by atoms with Crippen LogP contribution >= 0.6 is 0 Å². The summed E-state index contributed by atoms with van der Waals surface area (Å²) in [5.41, 5.74) is 1.94. The Morgan fingerprint density at radius 2 is 1.53 bits per heavy atom. The molecule has 0 fully saturated rings. The van der Waals surface area contributed by atoms with Crippen LogP contribution in [0.3, 0.4) is 0 Å². The largest absolute Gasteiger partial charge is 0.504 e. The van der Waals surface area contributed by atoms with E-state index in [9.17, 15) is 5.11 Å². The van der Waals surface area contributed by atoms with Crippen molar-refractivity contribution in [2.24, 2.45) is 0 Å². The van der Waals surface area contributed by atoms with Crippen LogP contribution in [0.5, 0.6) is 17.2 Å². The lowest BCUT2D eigenvalue weighted by Crippen LogP contribution is -1.93. The fraction of sp³-hybridized carbons (Fsp3) is 0.125. The fourth-order valence-corrected chi connectivity index (χ4v) is 1.86. The standard InChI is InChI=1S/C16H16O3/c1-18-15-13(10-11-14(17)16(15)19-2)9-8-12-6-4-3-5-7-12/h3-11,17H,1-2H3. The summed E-state index contributed by atoms with van der Waals surface area (Å²) >= 11 is 0. The first-order chi connectivity index (χ1) is 9.26. The minimum absolute atomic E-state index is 0.0659. The minimum Gasteiger partial charge on any atom is -0.504 e. The van der Waals surface area contributed by atoms with Crippen LogP contribution in [0, 0.1) is 0 Å². The van der Waals surface area contributed by atoms with E-state index in [-0.39, 0.29) is 5.75 Å². The molecule has 2 rings (SSSR count).